The van der Waals surface area contributed by atoms with E-state index in [-0.39, 0.29) is 17.5 Å². The second-order valence-corrected chi connectivity index (χ2v) is 6.26. The van der Waals surface area contributed by atoms with Gasteiger partial charge >= 0.3 is 5.97 Å². The standard InChI is InChI=1S/C19H22N2O4/c1-13-4-2-3-5-17(13)21-19(24)15(11-20)10-14-6-8-16(9-7-14)25-12-18(22)23/h6-10,13,17H,2-5,12H2,1H3,(H,21,24)(H,22,23). The van der Waals surface area contributed by atoms with Crippen molar-refractivity contribution in [1.29, 1.82) is 5.26 Å². The Balaban J connectivity index is 2.02. The highest BCUT2D eigenvalue weighted by atomic mass is 16.5. The first-order valence-corrected chi connectivity index (χ1v) is 8.37. The molecule has 0 radical (unpaired) electrons. The third kappa shape index (κ3) is 5.64. The van der Waals surface area contributed by atoms with E-state index in [1.165, 1.54) is 12.5 Å². The predicted octanol–water partition coefficient (Wildman–Crippen LogP) is 2.75. The number of nitrogens with zero attached hydrogens (tertiary/aromatic N) is 1. The van der Waals surface area contributed by atoms with Gasteiger partial charge in [-0.3, -0.25) is 4.79 Å². The minimum absolute atomic E-state index is 0.0528. The van der Waals surface area contributed by atoms with Crippen molar-refractivity contribution < 1.29 is 19.4 Å². The molecule has 25 heavy (non-hydrogen) atoms. The molecule has 2 N–H and O–H groups in total. The van der Waals surface area contributed by atoms with Crippen molar-refractivity contribution in [2.75, 3.05) is 6.61 Å². The molecule has 2 unspecified atom stereocenters. The molecule has 0 bridgehead atoms. The molecule has 1 saturated carbocycles. The summed E-state index contributed by atoms with van der Waals surface area (Å²) in [5.74, 6) is -0.571. The van der Waals surface area contributed by atoms with Crippen LogP contribution in [-0.4, -0.2) is 29.6 Å². The topological polar surface area (TPSA) is 99.4 Å². The van der Waals surface area contributed by atoms with Gasteiger partial charge in [0.25, 0.3) is 5.91 Å². The monoisotopic (exact) mass is 342 g/mol. The summed E-state index contributed by atoms with van der Waals surface area (Å²) in [5.41, 5.74) is 0.725. The molecular formula is C19H22N2O4. The molecule has 132 valence electrons. The minimum atomic E-state index is -1.05. The van der Waals surface area contributed by atoms with Crippen LogP contribution in [0.4, 0.5) is 0 Å². The Bertz CT molecular complexity index is 688. The zero-order chi connectivity index (χ0) is 18.2. The Morgan fingerprint density at radius 2 is 2.00 bits per heavy atom. The molecule has 1 aliphatic rings. The van der Waals surface area contributed by atoms with Crippen LogP contribution in [0, 0.1) is 17.2 Å². The van der Waals surface area contributed by atoms with Crippen molar-refractivity contribution in [3.63, 3.8) is 0 Å². The highest BCUT2D eigenvalue weighted by Crippen LogP contribution is 2.24. The fourth-order valence-electron chi connectivity index (χ4n) is 2.90. The first-order chi connectivity index (χ1) is 12.0. The summed E-state index contributed by atoms with van der Waals surface area (Å²) in [7, 11) is 0. The summed E-state index contributed by atoms with van der Waals surface area (Å²) in [6, 6.07) is 8.61. The first kappa shape index (κ1) is 18.5. The average Bonchev–Trinajstić information content (AvgIpc) is 2.60. The van der Waals surface area contributed by atoms with E-state index in [1.54, 1.807) is 24.3 Å². The molecule has 2 rings (SSSR count). The molecule has 1 fully saturated rings. The molecule has 0 spiro atoms. The van der Waals surface area contributed by atoms with Crippen LogP contribution in [0.25, 0.3) is 6.08 Å². The van der Waals surface area contributed by atoms with E-state index in [4.69, 9.17) is 9.84 Å². The Hall–Kier alpha value is -2.81. The van der Waals surface area contributed by atoms with Crippen LogP contribution in [0.5, 0.6) is 5.75 Å². The van der Waals surface area contributed by atoms with Crippen LogP contribution in [-0.2, 0) is 9.59 Å². The van der Waals surface area contributed by atoms with E-state index in [9.17, 15) is 14.9 Å². The number of benzene rings is 1. The number of carboxylic acids is 1. The van der Waals surface area contributed by atoms with Gasteiger partial charge in [0, 0.05) is 6.04 Å². The first-order valence-electron chi connectivity index (χ1n) is 8.37. The maximum Gasteiger partial charge on any atom is 0.341 e. The molecule has 0 saturated heterocycles. The number of nitriles is 1. The molecular weight excluding hydrogens is 320 g/mol. The zero-order valence-corrected chi connectivity index (χ0v) is 14.2. The fourth-order valence-corrected chi connectivity index (χ4v) is 2.90. The third-order valence-corrected chi connectivity index (χ3v) is 4.35. The number of amides is 1. The number of carboxylic acid groups (broad SMARTS) is 1. The van der Waals surface area contributed by atoms with Crippen molar-refractivity contribution in [1.82, 2.24) is 5.32 Å². The van der Waals surface area contributed by atoms with E-state index in [1.807, 2.05) is 6.07 Å². The van der Waals surface area contributed by atoms with Crippen LogP contribution < -0.4 is 10.1 Å². The number of carbonyl (C=O) groups excluding carboxylic acids is 1. The lowest BCUT2D eigenvalue weighted by molar-refractivity contribution is -0.139. The Labute approximate surface area is 147 Å². The Kier molecular flexibility index (Phi) is 6.58. The van der Waals surface area contributed by atoms with E-state index in [2.05, 4.69) is 12.2 Å². The molecule has 6 heteroatoms. The van der Waals surface area contributed by atoms with Crippen molar-refractivity contribution in [3.8, 4) is 11.8 Å². The summed E-state index contributed by atoms with van der Waals surface area (Å²) in [6.07, 6.45) is 5.84. The molecule has 2 atom stereocenters. The number of rotatable bonds is 6. The SMILES string of the molecule is CC1CCCCC1NC(=O)C(C#N)=Cc1ccc(OCC(=O)O)cc1. The number of nitrogens with one attached hydrogen (secondary N) is 1. The second kappa shape index (κ2) is 8.88. The normalized spacial score (nSPS) is 20.4. The largest absolute Gasteiger partial charge is 0.482 e. The fraction of sp³-hybridized carbons (Fsp3) is 0.421. The highest BCUT2D eigenvalue weighted by Gasteiger charge is 2.23. The van der Waals surface area contributed by atoms with Gasteiger partial charge in [0.05, 0.1) is 0 Å². The van der Waals surface area contributed by atoms with Gasteiger partial charge in [0.1, 0.15) is 17.4 Å². The molecule has 0 heterocycles. The molecule has 1 aliphatic carbocycles. The maximum atomic E-state index is 12.3. The zero-order valence-electron chi connectivity index (χ0n) is 14.2. The van der Waals surface area contributed by atoms with Gasteiger partial charge in [0.15, 0.2) is 6.61 Å². The van der Waals surface area contributed by atoms with E-state index >= 15 is 0 Å². The van der Waals surface area contributed by atoms with Crippen LogP contribution in [0.1, 0.15) is 38.2 Å². The number of carbonyl (C=O) groups is 2. The highest BCUT2D eigenvalue weighted by molar-refractivity contribution is 6.01. The van der Waals surface area contributed by atoms with Crippen molar-refractivity contribution >= 4 is 18.0 Å². The van der Waals surface area contributed by atoms with E-state index in [0.717, 1.165) is 19.3 Å². The van der Waals surface area contributed by atoms with Gasteiger partial charge in [-0.25, -0.2) is 4.79 Å². The summed E-state index contributed by atoms with van der Waals surface area (Å²) in [6.45, 7) is 1.70. The number of aliphatic carboxylic acids is 1. The van der Waals surface area contributed by atoms with Crippen LogP contribution in [0.15, 0.2) is 29.8 Å². The van der Waals surface area contributed by atoms with Gasteiger partial charge in [-0.1, -0.05) is 31.9 Å². The van der Waals surface area contributed by atoms with E-state index < -0.39 is 12.6 Å². The van der Waals surface area contributed by atoms with Gasteiger partial charge in [-0.05, 0) is 42.5 Å². The van der Waals surface area contributed by atoms with Gasteiger partial charge in [0.2, 0.25) is 0 Å². The lowest BCUT2D eigenvalue weighted by Gasteiger charge is -2.29. The second-order valence-electron chi connectivity index (χ2n) is 6.26. The van der Waals surface area contributed by atoms with Gasteiger partial charge in [-0.2, -0.15) is 5.26 Å². The molecule has 1 aromatic rings. The molecule has 0 aromatic heterocycles. The summed E-state index contributed by atoms with van der Waals surface area (Å²) >= 11 is 0. The average molecular weight is 342 g/mol. The summed E-state index contributed by atoms with van der Waals surface area (Å²) < 4.78 is 5.05. The molecule has 1 aromatic carbocycles. The van der Waals surface area contributed by atoms with Crippen molar-refractivity contribution in [3.05, 3.63) is 35.4 Å². The smallest absolute Gasteiger partial charge is 0.341 e. The predicted molar refractivity (Wildman–Crippen MR) is 92.7 cm³/mol. The number of hydrogen-bond acceptors (Lipinski definition) is 4. The third-order valence-electron chi connectivity index (χ3n) is 4.35. The van der Waals surface area contributed by atoms with Crippen molar-refractivity contribution in [2.45, 2.75) is 38.6 Å². The quantitative estimate of drug-likeness (QED) is 0.612. The van der Waals surface area contributed by atoms with Crippen LogP contribution in [0.3, 0.4) is 0 Å². The number of ether oxygens (including phenoxy) is 1. The molecule has 1 amide bonds. The lowest BCUT2D eigenvalue weighted by Crippen LogP contribution is -2.41. The molecule has 6 nitrogen and oxygen atoms in total. The lowest BCUT2D eigenvalue weighted by atomic mass is 9.86. The van der Waals surface area contributed by atoms with Crippen molar-refractivity contribution in [2.24, 2.45) is 5.92 Å². The van der Waals surface area contributed by atoms with Crippen LogP contribution in [0.2, 0.25) is 0 Å². The summed E-state index contributed by atoms with van der Waals surface area (Å²) in [5, 5.41) is 20.8. The van der Waals surface area contributed by atoms with Crippen LogP contribution >= 0.6 is 0 Å². The van der Waals surface area contributed by atoms with Gasteiger partial charge < -0.3 is 15.2 Å². The maximum absolute atomic E-state index is 12.3. The number of hydrogen-bond donors (Lipinski definition) is 2. The summed E-state index contributed by atoms with van der Waals surface area (Å²) in [4.78, 5) is 22.8. The Morgan fingerprint density at radius 1 is 1.32 bits per heavy atom. The van der Waals surface area contributed by atoms with E-state index in [0.29, 0.717) is 17.2 Å². The van der Waals surface area contributed by atoms with Gasteiger partial charge in [-0.15, -0.1) is 0 Å². The Morgan fingerprint density at radius 3 is 2.60 bits per heavy atom. The minimum Gasteiger partial charge on any atom is -0.482 e. The molecule has 0 aliphatic heterocycles.